The zero-order valence-electron chi connectivity index (χ0n) is 9.84. The highest BCUT2D eigenvalue weighted by atomic mass is 16.3. The zero-order valence-corrected chi connectivity index (χ0v) is 9.84. The van der Waals surface area contributed by atoms with E-state index in [9.17, 15) is 19.5 Å². The number of imide groups is 1. The van der Waals surface area contributed by atoms with Gasteiger partial charge in [0.2, 0.25) is 11.8 Å². The number of hydrogen-bond acceptors (Lipinski definition) is 4. The summed E-state index contributed by atoms with van der Waals surface area (Å²) in [4.78, 5) is 38.6. The lowest BCUT2D eigenvalue weighted by Crippen LogP contribution is -2.33. The normalized spacial score (nSPS) is 15.5. The highest BCUT2D eigenvalue weighted by molar-refractivity contribution is 6.21. The first-order chi connectivity index (χ1) is 9.09. The quantitative estimate of drug-likeness (QED) is 0.743. The highest BCUT2D eigenvalue weighted by Gasteiger charge is 2.34. The topological polar surface area (TPSA) is 90.5 Å². The molecule has 2 aromatic rings. The van der Waals surface area contributed by atoms with Crippen molar-refractivity contribution in [2.24, 2.45) is 0 Å². The molecule has 0 aliphatic carbocycles. The van der Waals surface area contributed by atoms with E-state index in [1.54, 1.807) is 24.3 Å². The second kappa shape index (κ2) is 3.94. The lowest BCUT2D eigenvalue weighted by molar-refractivity contribution is -0.121. The molecule has 0 spiro atoms. The molecular formula is C13H10N2O4. The zero-order chi connectivity index (χ0) is 13.6. The van der Waals surface area contributed by atoms with Crippen molar-refractivity contribution in [2.75, 3.05) is 4.90 Å². The van der Waals surface area contributed by atoms with Crippen molar-refractivity contribution in [1.29, 1.82) is 0 Å². The van der Waals surface area contributed by atoms with Crippen molar-refractivity contribution >= 4 is 28.4 Å². The number of para-hydroxylation sites is 1. The lowest BCUT2D eigenvalue weighted by atomic mass is 10.2. The summed E-state index contributed by atoms with van der Waals surface area (Å²) in [6.07, 6.45) is 0.120. The van der Waals surface area contributed by atoms with E-state index in [1.165, 1.54) is 0 Å². The van der Waals surface area contributed by atoms with Crippen molar-refractivity contribution in [3.8, 4) is 5.75 Å². The number of aromatic hydroxyl groups is 1. The summed E-state index contributed by atoms with van der Waals surface area (Å²) in [5.74, 6) is -1.29. The number of fused-ring (bicyclic) bond motifs is 1. The molecule has 1 aromatic heterocycles. The summed E-state index contributed by atoms with van der Waals surface area (Å²) in [7, 11) is 0. The third-order valence-corrected chi connectivity index (χ3v) is 3.14. The van der Waals surface area contributed by atoms with Crippen LogP contribution in [0.4, 0.5) is 5.69 Å². The van der Waals surface area contributed by atoms with Crippen LogP contribution in [-0.4, -0.2) is 21.9 Å². The SMILES string of the molecule is O=C1CCC(=O)N1c1c(O)c2ccccc2[nH]c1=O. The third kappa shape index (κ3) is 1.61. The number of rotatable bonds is 1. The number of H-pyrrole nitrogens is 1. The largest absolute Gasteiger partial charge is 0.505 e. The molecule has 1 aliphatic rings. The minimum absolute atomic E-state index is 0.0601. The van der Waals surface area contributed by atoms with Crippen molar-refractivity contribution in [1.82, 2.24) is 4.98 Å². The fourth-order valence-electron chi connectivity index (χ4n) is 2.25. The maximum Gasteiger partial charge on any atom is 0.276 e. The Bertz CT molecular complexity index is 747. The summed E-state index contributed by atoms with van der Waals surface area (Å²) in [5.41, 5.74) is -0.487. The van der Waals surface area contributed by atoms with Crippen molar-refractivity contribution in [3.63, 3.8) is 0 Å². The Morgan fingerprint density at radius 2 is 1.68 bits per heavy atom. The smallest absolute Gasteiger partial charge is 0.276 e. The van der Waals surface area contributed by atoms with Gasteiger partial charge in [-0.25, -0.2) is 4.90 Å². The van der Waals surface area contributed by atoms with Gasteiger partial charge in [0.1, 0.15) is 0 Å². The summed E-state index contributed by atoms with van der Waals surface area (Å²) in [6.45, 7) is 0. The number of aromatic nitrogens is 1. The average Bonchev–Trinajstić information content (AvgIpc) is 2.71. The molecule has 2 N–H and O–H groups in total. The molecule has 19 heavy (non-hydrogen) atoms. The van der Waals surface area contributed by atoms with Crippen LogP contribution in [0.2, 0.25) is 0 Å². The Hall–Kier alpha value is -2.63. The van der Waals surface area contributed by atoms with Crippen LogP contribution in [0, 0.1) is 0 Å². The molecule has 2 amide bonds. The number of pyridine rings is 1. The predicted octanol–water partition coefficient (Wildman–Crippen LogP) is 0.887. The average molecular weight is 258 g/mol. The van der Waals surface area contributed by atoms with Gasteiger partial charge in [0.15, 0.2) is 11.4 Å². The molecule has 6 heteroatoms. The van der Waals surface area contributed by atoms with Crippen LogP contribution < -0.4 is 10.5 Å². The molecule has 0 radical (unpaired) electrons. The van der Waals surface area contributed by atoms with Crippen LogP contribution in [0.1, 0.15) is 12.8 Å². The number of amides is 2. The first-order valence-corrected chi connectivity index (χ1v) is 5.79. The fraction of sp³-hybridized carbons (Fsp3) is 0.154. The number of carbonyl (C=O) groups excluding carboxylic acids is 2. The molecule has 1 aliphatic heterocycles. The Labute approximate surface area is 107 Å². The van der Waals surface area contributed by atoms with E-state index in [0.717, 1.165) is 4.90 Å². The maximum absolute atomic E-state index is 12.0. The van der Waals surface area contributed by atoms with Crippen molar-refractivity contribution in [2.45, 2.75) is 12.8 Å². The second-order valence-electron chi connectivity index (χ2n) is 4.32. The molecule has 0 saturated carbocycles. The highest BCUT2D eigenvalue weighted by Crippen LogP contribution is 2.33. The molecule has 3 rings (SSSR count). The Balaban J connectivity index is 2.33. The molecule has 96 valence electrons. The van der Waals surface area contributed by atoms with Gasteiger partial charge in [-0.1, -0.05) is 12.1 Å². The van der Waals surface area contributed by atoms with Crippen LogP contribution in [-0.2, 0) is 9.59 Å². The van der Waals surface area contributed by atoms with Crippen LogP contribution in [0.5, 0.6) is 5.75 Å². The van der Waals surface area contributed by atoms with E-state index in [1.807, 2.05) is 0 Å². The second-order valence-corrected chi connectivity index (χ2v) is 4.32. The monoisotopic (exact) mass is 258 g/mol. The van der Waals surface area contributed by atoms with E-state index >= 15 is 0 Å². The molecule has 1 saturated heterocycles. The summed E-state index contributed by atoms with van der Waals surface area (Å²) in [5, 5.41) is 10.6. The predicted molar refractivity (Wildman–Crippen MR) is 68.0 cm³/mol. The number of carbonyl (C=O) groups is 2. The van der Waals surface area contributed by atoms with Crippen LogP contribution >= 0.6 is 0 Å². The maximum atomic E-state index is 12.0. The number of hydrogen-bond donors (Lipinski definition) is 2. The minimum atomic E-state index is -0.653. The van der Waals surface area contributed by atoms with Crippen molar-refractivity contribution in [3.05, 3.63) is 34.6 Å². The van der Waals surface area contributed by atoms with Crippen LogP contribution in [0.15, 0.2) is 29.1 Å². The Morgan fingerprint density at radius 3 is 2.37 bits per heavy atom. The fourth-order valence-corrected chi connectivity index (χ4v) is 2.25. The van der Waals surface area contributed by atoms with Gasteiger partial charge < -0.3 is 10.1 Å². The van der Waals surface area contributed by atoms with E-state index in [2.05, 4.69) is 4.98 Å². The van der Waals surface area contributed by atoms with Gasteiger partial charge in [-0.3, -0.25) is 14.4 Å². The van der Waals surface area contributed by atoms with Gasteiger partial charge >= 0.3 is 0 Å². The molecule has 1 aromatic carbocycles. The van der Waals surface area contributed by atoms with Gasteiger partial charge in [-0.2, -0.15) is 0 Å². The summed E-state index contributed by atoms with van der Waals surface area (Å²) in [6, 6.07) is 6.64. The van der Waals surface area contributed by atoms with E-state index in [4.69, 9.17) is 0 Å². The molecular weight excluding hydrogens is 248 g/mol. The van der Waals surface area contributed by atoms with Gasteiger partial charge in [0.05, 0.1) is 5.52 Å². The van der Waals surface area contributed by atoms with Gasteiger partial charge in [0.25, 0.3) is 5.56 Å². The standard InChI is InChI=1S/C13H10N2O4/c16-9-5-6-10(17)15(9)11-12(18)7-3-1-2-4-8(7)14-13(11)19/h1-4H,5-6H2,(H2,14,18,19). The van der Waals surface area contributed by atoms with Gasteiger partial charge in [0, 0.05) is 18.2 Å². The number of nitrogens with zero attached hydrogens (tertiary/aromatic N) is 1. The number of benzene rings is 1. The molecule has 2 heterocycles. The molecule has 0 bridgehead atoms. The molecule has 0 unspecified atom stereocenters. The summed E-state index contributed by atoms with van der Waals surface area (Å²) >= 11 is 0. The van der Waals surface area contributed by atoms with Gasteiger partial charge in [-0.15, -0.1) is 0 Å². The van der Waals surface area contributed by atoms with Crippen LogP contribution in [0.3, 0.4) is 0 Å². The summed E-state index contributed by atoms with van der Waals surface area (Å²) < 4.78 is 0. The van der Waals surface area contributed by atoms with E-state index in [-0.39, 0.29) is 24.3 Å². The van der Waals surface area contributed by atoms with E-state index in [0.29, 0.717) is 10.9 Å². The molecule has 6 nitrogen and oxygen atoms in total. The van der Waals surface area contributed by atoms with Crippen LogP contribution in [0.25, 0.3) is 10.9 Å². The first-order valence-electron chi connectivity index (χ1n) is 5.79. The Kier molecular flexibility index (Phi) is 2.38. The minimum Gasteiger partial charge on any atom is -0.505 e. The van der Waals surface area contributed by atoms with Gasteiger partial charge in [-0.05, 0) is 12.1 Å². The number of aromatic amines is 1. The molecule has 0 atom stereocenters. The third-order valence-electron chi connectivity index (χ3n) is 3.14. The Morgan fingerprint density at radius 1 is 1.05 bits per heavy atom. The molecule has 1 fully saturated rings. The lowest BCUT2D eigenvalue weighted by Gasteiger charge is -2.15. The van der Waals surface area contributed by atoms with E-state index < -0.39 is 17.4 Å². The first kappa shape index (κ1) is 11.5. The van der Waals surface area contributed by atoms with Crippen molar-refractivity contribution < 1.29 is 14.7 Å². The number of anilines is 1. The number of nitrogens with one attached hydrogen (secondary N) is 1.